The number of aromatic nitrogens is 5. The fraction of sp³-hybridized carbons (Fsp3) is 0.368. The van der Waals surface area contributed by atoms with Gasteiger partial charge >= 0.3 is 6.03 Å². The van der Waals surface area contributed by atoms with Gasteiger partial charge in [0.15, 0.2) is 0 Å². The third-order valence-corrected chi connectivity index (χ3v) is 4.68. The molecular weight excluding hydrogens is 358 g/mol. The van der Waals surface area contributed by atoms with E-state index in [1.54, 1.807) is 29.7 Å². The van der Waals surface area contributed by atoms with Crippen LogP contribution in [0.5, 0.6) is 0 Å². The third kappa shape index (κ3) is 3.68. The molecule has 3 aromatic rings. The smallest absolute Gasteiger partial charge is 0.317 e. The van der Waals surface area contributed by atoms with E-state index >= 15 is 0 Å². The van der Waals surface area contributed by atoms with E-state index in [1.165, 1.54) is 0 Å². The van der Waals surface area contributed by atoms with Gasteiger partial charge in [0.2, 0.25) is 11.7 Å². The number of urea groups is 1. The van der Waals surface area contributed by atoms with Gasteiger partial charge in [-0.1, -0.05) is 11.2 Å². The molecule has 9 nitrogen and oxygen atoms in total. The maximum atomic E-state index is 12.6. The number of rotatable bonds is 4. The summed E-state index contributed by atoms with van der Waals surface area (Å²) in [5, 5.41) is 7.00. The van der Waals surface area contributed by atoms with Crippen molar-refractivity contribution in [3.63, 3.8) is 0 Å². The summed E-state index contributed by atoms with van der Waals surface area (Å²) in [5.41, 5.74) is 1.58. The SMILES string of the molecule is CC(C)NC(=O)N1C[C@@H](c2cccnc2)[C@H](c2nc(-c3cnccn3)no2)C1. The topological polar surface area (TPSA) is 110 Å². The van der Waals surface area contributed by atoms with Gasteiger partial charge in [-0.3, -0.25) is 9.97 Å². The average Bonchev–Trinajstić information content (AvgIpc) is 3.36. The molecule has 4 heterocycles. The first kappa shape index (κ1) is 18.0. The van der Waals surface area contributed by atoms with Crippen LogP contribution in [-0.2, 0) is 0 Å². The van der Waals surface area contributed by atoms with Gasteiger partial charge in [-0.25, -0.2) is 9.78 Å². The molecule has 0 bridgehead atoms. The first-order valence-corrected chi connectivity index (χ1v) is 9.17. The molecule has 0 unspecified atom stereocenters. The van der Waals surface area contributed by atoms with Crippen LogP contribution in [0.15, 0.2) is 47.6 Å². The van der Waals surface area contributed by atoms with E-state index < -0.39 is 0 Å². The van der Waals surface area contributed by atoms with E-state index in [0.717, 1.165) is 5.56 Å². The van der Waals surface area contributed by atoms with Crippen LogP contribution in [-0.4, -0.2) is 55.2 Å². The predicted molar refractivity (Wildman–Crippen MR) is 100 cm³/mol. The lowest BCUT2D eigenvalue weighted by Crippen LogP contribution is -2.41. The Balaban J connectivity index is 1.63. The lowest BCUT2D eigenvalue weighted by molar-refractivity contribution is 0.204. The Bertz CT molecular complexity index is 930. The number of carbonyl (C=O) groups is 1. The van der Waals surface area contributed by atoms with Crippen LogP contribution in [0.1, 0.15) is 37.1 Å². The predicted octanol–water partition coefficient (Wildman–Crippen LogP) is 2.22. The molecule has 0 radical (unpaired) electrons. The summed E-state index contributed by atoms with van der Waals surface area (Å²) >= 11 is 0. The Hall–Kier alpha value is -3.36. The third-order valence-electron chi connectivity index (χ3n) is 4.68. The number of carbonyl (C=O) groups excluding carboxylic acids is 1. The van der Waals surface area contributed by atoms with Crippen LogP contribution < -0.4 is 5.32 Å². The maximum Gasteiger partial charge on any atom is 0.317 e. The van der Waals surface area contributed by atoms with Crippen LogP contribution in [0, 0.1) is 0 Å². The number of nitrogens with one attached hydrogen (secondary N) is 1. The minimum Gasteiger partial charge on any atom is -0.339 e. The Morgan fingerprint density at radius 3 is 2.71 bits per heavy atom. The zero-order chi connectivity index (χ0) is 19.5. The van der Waals surface area contributed by atoms with Crippen LogP contribution in [0.25, 0.3) is 11.5 Å². The summed E-state index contributed by atoms with van der Waals surface area (Å²) in [6.07, 6.45) is 8.31. The fourth-order valence-electron chi connectivity index (χ4n) is 3.40. The van der Waals surface area contributed by atoms with E-state index in [9.17, 15) is 4.79 Å². The molecule has 9 heteroatoms. The first-order valence-electron chi connectivity index (χ1n) is 9.17. The first-order chi connectivity index (χ1) is 13.6. The summed E-state index contributed by atoms with van der Waals surface area (Å²) in [6, 6.07) is 3.87. The van der Waals surface area contributed by atoms with E-state index in [2.05, 4.69) is 30.4 Å². The zero-order valence-electron chi connectivity index (χ0n) is 15.7. The molecule has 144 valence electrons. The molecule has 1 aliphatic heterocycles. The van der Waals surface area contributed by atoms with Crippen molar-refractivity contribution >= 4 is 6.03 Å². The second-order valence-electron chi connectivity index (χ2n) is 7.06. The van der Waals surface area contributed by atoms with Crippen molar-refractivity contribution in [2.45, 2.75) is 31.7 Å². The van der Waals surface area contributed by atoms with E-state index in [4.69, 9.17) is 4.52 Å². The van der Waals surface area contributed by atoms with E-state index in [-0.39, 0.29) is 23.9 Å². The van der Waals surface area contributed by atoms with Crippen LogP contribution >= 0.6 is 0 Å². The highest BCUT2D eigenvalue weighted by Crippen LogP contribution is 2.39. The average molecular weight is 379 g/mol. The number of hydrogen-bond donors (Lipinski definition) is 1. The Kier molecular flexibility index (Phi) is 4.96. The molecule has 1 fully saturated rings. The van der Waals surface area contributed by atoms with Gasteiger partial charge < -0.3 is 14.7 Å². The molecule has 1 aliphatic rings. The number of likely N-dealkylation sites (tertiary alicyclic amines) is 1. The number of hydrogen-bond acceptors (Lipinski definition) is 7. The molecule has 3 aromatic heterocycles. The van der Waals surface area contributed by atoms with Crippen molar-refractivity contribution < 1.29 is 9.32 Å². The normalized spacial score (nSPS) is 19.2. The van der Waals surface area contributed by atoms with Crippen molar-refractivity contribution in [1.82, 2.24) is 35.3 Å². The molecule has 0 aromatic carbocycles. The lowest BCUT2D eigenvalue weighted by Gasteiger charge is -2.19. The Morgan fingerprint density at radius 1 is 1.18 bits per heavy atom. The highest BCUT2D eigenvalue weighted by Gasteiger charge is 2.40. The number of nitrogens with zero attached hydrogens (tertiary/aromatic N) is 6. The minimum absolute atomic E-state index is 0.0155. The number of pyridine rings is 1. The fourth-order valence-corrected chi connectivity index (χ4v) is 3.40. The van der Waals surface area contributed by atoms with Gasteiger partial charge in [0, 0.05) is 49.8 Å². The standard InChI is InChI=1S/C19H21N7O2/c1-12(2)23-19(27)26-10-14(13-4-3-5-20-8-13)15(11-26)18-24-17(25-28-18)16-9-21-6-7-22-16/h3-9,12,14-15H,10-11H2,1-2H3,(H,23,27)/t14-,15+/m0/s1. The summed E-state index contributed by atoms with van der Waals surface area (Å²) in [4.78, 5) is 31.3. The molecule has 0 aliphatic carbocycles. The largest absolute Gasteiger partial charge is 0.339 e. The molecule has 4 rings (SSSR count). The molecule has 28 heavy (non-hydrogen) atoms. The summed E-state index contributed by atoms with van der Waals surface area (Å²) in [7, 11) is 0. The van der Waals surface area contributed by atoms with Gasteiger partial charge in [0.05, 0.1) is 12.1 Å². The van der Waals surface area contributed by atoms with Gasteiger partial charge in [0.1, 0.15) is 5.69 Å². The molecule has 2 amide bonds. The van der Waals surface area contributed by atoms with Gasteiger partial charge in [0.25, 0.3) is 0 Å². The molecule has 2 atom stereocenters. The number of amides is 2. The van der Waals surface area contributed by atoms with E-state index in [1.807, 2.05) is 32.2 Å². The minimum atomic E-state index is -0.125. The van der Waals surface area contributed by atoms with Gasteiger partial charge in [-0.05, 0) is 25.5 Å². The van der Waals surface area contributed by atoms with Crippen LogP contribution in [0.4, 0.5) is 4.79 Å². The van der Waals surface area contributed by atoms with Crippen molar-refractivity contribution in [3.05, 3.63) is 54.6 Å². The summed E-state index contributed by atoms with van der Waals surface area (Å²) < 4.78 is 5.56. The summed E-state index contributed by atoms with van der Waals surface area (Å²) in [5.74, 6) is 0.759. The van der Waals surface area contributed by atoms with Gasteiger partial charge in [-0.15, -0.1) is 0 Å². The van der Waals surface area contributed by atoms with Crippen molar-refractivity contribution in [2.24, 2.45) is 0 Å². The zero-order valence-corrected chi connectivity index (χ0v) is 15.7. The maximum absolute atomic E-state index is 12.6. The second kappa shape index (κ2) is 7.71. The second-order valence-corrected chi connectivity index (χ2v) is 7.06. The van der Waals surface area contributed by atoms with Crippen molar-refractivity contribution in [2.75, 3.05) is 13.1 Å². The monoisotopic (exact) mass is 379 g/mol. The Morgan fingerprint density at radius 2 is 2.00 bits per heavy atom. The molecule has 0 spiro atoms. The van der Waals surface area contributed by atoms with Gasteiger partial charge in [-0.2, -0.15) is 4.98 Å². The molecule has 0 saturated carbocycles. The highest BCUT2D eigenvalue weighted by atomic mass is 16.5. The molecular formula is C19H21N7O2. The molecule has 1 N–H and O–H groups in total. The Labute approximate surface area is 162 Å². The molecule has 1 saturated heterocycles. The quantitative estimate of drug-likeness (QED) is 0.740. The van der Waals surface area contributed by atoms with Crippen molar-refractivity contribution in [1.29, 1.82) is 0 Å². The van der Waals surface area contributed by atoms with Crippen LogP contribution in [0.3, 0.4) is 0 Å². The van der Waals surface area contributed by atoms with E-state index in [0.29, 0.717) is 30.5 Å². The lowest BCUT2D eigenvalue weighted by atomic mass is 9.90. The summed E-state index contributed by atoms with van der Waals surface area (Å²) in [6.45, 7) is 4.92. The van der Waals surface area contributed by atoms with Crippen LogP contribution in [0.2, 0.25) is 0 Å². The highest BCUT2D eigenvalue weighted by molar-refractivity contribution is 5.75. The van der Waals surface area contributed by atoms with Crippen molar-refractivity contribution in [3.8, 4) is 11.5 Å².